The van der Waals surface area contributed by atoms with Crippen LogP contribution in [0.2, 0.25) is 0 Å². The molecular formula is C10H19N3O2. The zero-order valence-corrected chi connectivity index (χ0v) is 9.30. The largest absolute Gasteiger partial charge is 0.396 e. The Morgan fingerprint density at radius 1 is 1.33 bits per heavy atom. The van der Waals surface area contributed by atoms with Gasteiger partial charge in [0.1, 0.15) is 12.2 Å². The average molecular weight is 213 g/mol. The van der Waals surface area contributed by atoms with E-state index in [0.717, 1.165) is 12.4 Å². The summed E-state index contributed by atoms with van der Waals surface area (Å²) in [4.78, 5) is 4.13. The van der Waals surface area contributed by atoms with Gasteiger partial charge in [0.05, 0.1) is 0 Å². The maximum Gasteiger partial charge on any atom is 0.138 e. The van der Waals surface area contributed by atoms with Crippen LogP contribution < -0.4 is 0 Å². The molecule has 0 aliphatic carbocycles. The third-order valence-corrected chi connectivity index (χ3v) is 2.22. The van der Waals surface area contributed by atoms with Crippen molar-refractivity contribution in [1.29, 1.82) is 0 Å². The fraction of sp³-hybridized carbons (Fsp3) is 0.800. The Morgan fingerprint density at radius 2 is 2.00 bits per heavy atom. The first kappa shape index (κ1) is 12.1. The van der Waals surface area contributed by atoms with E-state index >= 15 is 0 Å². The van der Waals surface area contributed by atoms with Gasteiger partial charge in [-0.15, -0.1) is 0 Å². The van der Waals surface area contributed by atoms with Gasteiger partial charge in [-0.25, -0.2) is 9.67 Å². The Balaban J connectivity index is 2.63. The Bertz CT molecular complexity index is 282. The van der Waals surface area contributed by atoms with Crippen LogP contribution in [0.15, 0.2) is 6.33 Å². The van der Waals surface area contributed by atoms with Crippen LogP contribution in [0.25, 0.3) is 0 Å². The zero-order valence-electron chi connectivity index (χ0n) is 9.30. The third kappa shape index (κ3) is 3.60. The van der Waals surface area contributed by atoms with Crippen molar-refractivity contribution < 1.29 is 10.2 Å². The Morgan fingerprint density at radius 3 is 2.53 bits per heavy atom. The molecule has 0 spiro atoms. The quantitative estimate of drug-likeness (QED) is 0.702. The standard InChI is InChI=1S/C10H19N3O2/c1-8(2)4-13-10(11-7-12-13)3-9(5-14)6-15/h7-9,14-15H,3-6H2,1-2H3. The van der Waals surface area contributed by atoms with Crippen molar-refractivity contribution in [1.82, 2.24) is 14.8 Å². The van der Waals surface area contributed by atoms with Crippen molar-refractivity contribution in [2.24, 2.45) is 11.8 Å². The molecule has 0 unspecified atom stereocenters. The summed E-state index contributed by atoms with van der Waals surface area (Å²) in [5.74, 6) is 1.20. The van der Waals surface area contributed by atoms with Crippen LogP contribution in [0.5, 0.6) is 0 Å². The van der Waals surface area contributed by atoms with E-state index in [-0.39, 0.29) is 19.1 Å². The molecule has 0 aliphatic heterocycles. The summed E-state index contributed by atoms with van der Waals surface area (Å²) in [6.45, 7) is 5.00. The number of aliphatic hydroxyl groups excluding tert-OH is 2. The van der Waals surface area contributed by atoms with Crippen LogP contribution in [-0.4, -0.2) is 38.2 Å². The minimum absolute atomic E-state index is 0.0228. The summed E-state index contributed by atoms with van der Waals surface area (Å²) in [6.07, 6.45) is 2.09. The topological polar surface area (TPSA) is 71.2 Å². The van der Waals surface area contributed by atoms with Gasteiger partial charge in [-0.3, -0.25) is 0 Å². The molecule has 5 heteroatoms. The molecule has 2 N–H and O–H groups in total. The zero-order chi connectivity index (χ0) is 11.3. The van der Waals surface area contributed by atoms with Crippen LogP contribution in [0.4, 0.5) is 0 Å². The molecule has 1 heterocycles. The van der Waals surface area contributed by atoms with Crippen LogP contribution in [0.1, 0.15) is 19.7 Å². The molecule has 5 nitrogen and oxygen atoms in total. The van der Waals surface area contributed by atoms with E-state index < -0.39 is 0 Å². The Kier molecular flexibility index (Phi) is 4.71. The lowest BCUT2D eigenvalue weighted by atomic mass is 10.1. The minimum Gasteiger partial charge on any atom is -0.396 e. The summed E-state index contributed by atoms with van der Waals surface area (Å²) >= 11 is 0. The number of nitrogens with zero attached hydrogens (tertiary/aromatic N) is 3. The van der Waals surface area contributed by atoms with Crippen molar-refractivity contribution in [2.75, 3.05) is 13.2 Å². The van der Waals surface area contributed by atoms with Crippen LogP contribution in [-0.2, 0) is 13.0 Å². The van der Waals surface area contributed by atoms with Gasteiger partial charge in [0.2, 0.25) is 0 Å². The molecule has 15 heavy (non-hydrogen) atoms. The highest BCUT2D eigenvalue weighted by Gasteiger charge is 2.12. The number of hydrogen-bond acceptors (Lipinski definition) is 4. The average Bonchev–Trinajstić information content (AvgIpc) is 2.61. The maximum atomic E-state index is 8.98. The van der Waals surface area contributed by atoms with E-state index in [9.17, 15) is 0 Å². The molecule has 0 saturated carbocycles. The fourth-order valence-electron chi connectivity index (χ4n) is 1.39. The van der Waals surface area contributed by atoms with Crippen molar-refractivity contribution in [2.45, 2.75) is 26.8 Å². The normalized spacial score (nSPS) is 11.6. The SMILES string of the molecule is CC(C)Cn1ncnc1CC(CO)CO. The lowest BCUT2D eigenvalue weighted by Crippen LogP contribution is -2.18. The molecule has 0 radical (unpaired) electrons. The van der Waals surface area contributed by atoms with E-state index in [1.165, 1.54) is 6.33 Å². The first-order valence-electron chi connectivity index (χ1n) is 5.25. The molecule has 0 saturated heterocycles. The lowest BCUT2D eigenvalue weighted by Gasteiger charge is -2.12. The molecule has 0 bridgehead atoms. The number of aromatic nitrogens is 3. The van der Waals surface area contributed by atoms with Crippen molar-refractivity contribution in [3.63, 3.8) is 0 Å². The maximum absolute atomic E-state index is 8.98. The summed E-state index contributed by atoms with van der Waals surface area (Å²) in [6, 6.07) is 0. The first-order chi connectivity index (χ1) is 7.17. The second kappa shape index (κ2) is 5.82. The predicted octanol–water partition coefficient (Wildman–Crippen LogP) is 0.0774. The van der Waals surface area contributed by atoms with Gasteiger partial charge in [0.25, 0.3) is 0 Å². The van der Waals surface area contributed by atoms with Gasteiger partial charge in [0, 0.05) is 32.1 Å². The van der Waals surface area contributed by atoms with E-state index in [0.29, 0.717) is 12.3 Å². The summed E-state index contributed by atoms with van der Waals surface area (Å²) in [5.41, 5.74) is 0. The van der Waals surface area contributed by atoms with Crippen LogP contribution in [0.3, 0.4) is 0 Å². The molecule has 1 aromatic heterocycles. The van der Waals surface area contributed by atoms with Crippen molar-refractivity contribution in [3.8, 4) is 0 Å². The summed E-state index contributed by atoms with van der Waals surface area (Å²) in [5, 5.41) is 22.1. The Hall–Kier alpha value is -0.940. The molecule has 0 aliphatic rings. The van der Waals surface area contributed by atoms with Crippen LogP contribution in [0, 0.1) is 11.8 Å². The second-order valence-corrected chi connectivity index (χ2v) is 4.19. The highest BCUT2D eigenvalue weighted by atomic mass is 16.3. The van der Waals surface area contributed by atoms with E-state index in [1.807, 2.05) is 4.68 Å². The Labute approximate surface area is 89.8 Å². The van der Waals surface area contributed by atoms with Crippen LogP contribution >= 0.6 is 0 Å². The fourth-order valence-corrected chi connectivity index (χ4v) is 1.39. The van der Waals surface area contributed by atoms with E-state index in [1.54, 1.807) is 0 Å². The predicted molar refractivity (Wildman–Crippen MR) is 56.2 cm³/mol. The second-order valence-electron chi connectivity index (χ2n) is 4.19. The van der Waals surface area contributed by atoms with Gasteiger partial charge in [-0.05, 0) is 5.92 Å². The highest BCUT2D eigenvalue weighted by molar-refractivity contribution is 4.87. The number of hydrogen-bond donors (Lipinski definition) is 2. The first-order valence-corrected chi connectivity index (χ1v) is 5.25. The summed E-state index contributed by atoms with van der Waals surface area (Å²) in [7, 11) is 0. The molecule has 0 amide bonds. The molecule has 1 rings (SSSR count). The van der Waals surface area contributed by atoms with Gasteiger partial charge in [0.15, 0.2) is 0 Å². The highest BCUT2D eigenvalue weighted by Crippen LogP contribution is 2.07. The lowest BCUT2D eigenvalue weighted by molar-refractivity contribution is 0.147. The summed E-state index contributed by atoms with van der Waals surface area (Å²) < 4.78 is 1.84. The van der Waals surface area contributed by atoms with Gasteiger partial charge in [-0.2, -0.15) is 5.10 Å². The van der Waals surface area contributed by atoms with E-state index in [4.69, 9.17) is 10.2 Å². The van der Waals surface area contributed by atoms with Crippen molar-refractivity contribution in [3.05, 3.63) is 12.2 Å². The third-order valence-electron chi connectivity index (χ3n) is 2.22. The molecule has 0 atom stereocenters. The van der Waals surface area contributed by atoms with Gasteiger partial charge in [-0.1, -0.05) is 13.8 Å². The minimum atomic E-state index is -0.139. The number of aliphatic hydroxyl groups is 2. The van der Waals surface area contributed by atoms with Crippen molar-refractivity contribution >= 4 is 0 Å². The number of rotatable bonds is 6. The van der Waals surface area contributed by atoms with Gasteiger partial charge < -0.3 is 10.2 Å². The molecule has 86 valence electrons. The monoisotopic (exact) mass is 213 g/mol. The van der Waals surface area contributed by atoms with Gasteiger partial charge >= 0.3 is 0 Å². The molecule has 0 aromatic carbocycles. The molecular weight excluding hydrogens is 194 g/mol. The smallest absolute Gasteiger partial charge is 0.138 e. The van der Waals surface area contributed by atoms with E-state index in [2.05, 4.69) is 23.9 Å². The molecule has 1 aromatic rings. The molecule has 0 fully saturated rings.